The zero-order valence-electron chi connectivity index (χ0n) is 7.99. The number of halogens is 3. The van der Waals surface area contributed by atoms with Gasteiger partial charge < -0.3 is 5.11 Å². The van der Waals surface area contributed by atoms with Crippen molar-refractivity contribution in [1.29, 1.82) is 0 Å². The van der Waals surface area contributed by atoms with Crippen LogP contribution in [0.2, 0.25) is 0 Å². The van der Waals surface area contributed by atoms with Gasteiger partial charge in [0.15, 0.2) is 17.5 Å². The average molecular weight is 228 g/mol. The molecule has 0 saturated heterocycles. The fourth-order valence-electron chi connectivity index (χ4n) is 1.27. The van der Waals surface area contributed by atoms with Gasteiger partial charge in [-0.1, -0.05) is 0 Å². The molecule has 0 fully saturated rings. The topological polar surface area (TPSA) is 38.0 Å². The van der Waals surface area contributed by atoms with E-state index in [1.807, 2.05) is 0 Å². The fourth-order valence-corrected chi connectivity index (χ4v) is 1.27. The van der Waals surface area contributed by atoms with E-state index >= 15 is 0 Å². The van der Waals surface area contributed by atoms with Gasteiger partial charge in [-0.2, -0.15) is 5.10 Å². The van der Waals surface area contributed by atoms with E-state index in [4.69, 9.17) is 5.11 Å². The number of benzene rings is 1. The third-order valence-corrected chi connectivity index (χ3v) is 2.04. The molecule has 0 aliphatic heterocycles. The van der Waals surface area contributed by atoms with E-state index in [1.54, 1.807) is 0 Å². The van der Waals surface area contributed by atoms with Crippen LogP contribution in [-0.2, 0) is 6.61 Å². The standard InChI is InChI=1S/C10H7F3N2O/c11-7-3-9(13)10(4-8(7)12)15-2-1-6(5-16)14-15/h1-4,16H,5H2. The van der Waals surface area contributed by atoms with E-state index in [2.05, 4.69) is 5.10 Å². The summed E-state index contributed by atoms with van der Waals surface area (Å²) in [6.45, 7) is -0.307. The van der Waals surface area contributed by atoms with E-state index in [9.17, 15) is 13.2 Å². The minimum absolute atomic E-state index is 0.210. The van der Waals surface area contributed by atoms with Gasteiger partial charge >= 0.3 is 0 Å². The molecule has 0 unspecified atom stereocenters. The molecule has 0 spiro atoms. The number of aromatic nitrogens is 2. The summed E-state index contributed by atoms with van der Waals surface area (Å²) in [4.78, 5) is 0. The van der Waals surface area contributed by atoms with Crippen LogP contribution in [0.25, 0.3) is 5.69 Å². The summed E-state index contributed by atoms with van der Waals surface area (Å²) in [7, 11) is 0. The average Bonchev–Trinajstić information content (AvgIpc) is 2.71. The van der Waals surface area contributed by atoms with Crippen molar-refractivity contribution in [3.63, 3.8) is 0 Å². The maximum Gasteiger partial charge on any atom is 0.161 e. The van der Waals surface area contributed by atoms with Gasteiger partial charge in [0.05, 0.1) is 12.3 Å². The summed E-state index contributed by atoms with van der Waals surface area (Å²) in [6.07, 6.45) is 1.35. The first kappa shape index (κ1) is 10.7. The smallest absolute Gasteiger partial charge is 0.161 e. The molecule has 0 aliphatic carbocycles. The predicted octanol–water partition coefficient (Wildman–Crippen LogP) is 1.78. The van der Waals surface area contributed by atoms with Crippen LogP contribution in [0.15, 0.2) is 24.4 Å². The van der Waals surface area contributed by atoms with Crippen molar-refractivity contribution in [1.82, 2.24) is 9.78 Å². The Bertz CT molecular complexity index is 525. The number of rotatable bonds is 2. The van der Waals surface area contributed by atoms with Gasteiger partial charge in [0.1, 0.15) is 5.69 Å². The molecule has 0 atom stereocenters. The molecule has 2 rings (SSSR count). The van der Waals surface area contributed by atoms with Gasteiger partial charge in [-0.05, 0) is 6.07 Å². The number of nitrogens with zero attached hydrogens (tertiary/aromatic N) is 2. The molecule has 1 aromatic carbocycles. The monoisotopic (exact) mass is 228 g/mol. The molecule has 0 bridgehead atoms. The van der Waals surface area contributed by atoms with Crippen molar-refractivity contribution in [3.05, 3.63) is 47.5 Å². The minimum atomic E-state index is -1.25. The Kier molecular flexibility index (Phi) is 2.66. The lowest BCUT2D eigenvalue weighted by Gasteiger charge is -2.03. The van der Waals surface area contributed by atoms with Crippen LogP contribution >= 0.6 is 0 Å². The molecule has 0 radical (unpaired) electrons. The highest BCUT2D eigenvalue weighted by atomic mass is 19.2. The maximum absolute atomic E-state index is 13.3. The van der Waals surface area contributed by atoms with Crippen LogP contribution in [0.5, 0.6) is 0 Å². The summed E-state index contributed by atoms with van der Waals surface area (Å²) < 4.78 is 39.9. The maximum atomic E-state index is 13.3. The second kappa shape index (κ2) is 3.97. The quantitative estimate of drug-likeness (QED) is 0.795. The first-order valence-corrected chi connectivity index (χ1v) is 4.42. The molecule has 1 heterocycles. The Morgan fingerprint density at radius 3 is 2.44 bits per heavy atom. The van der Waals surface area contributed by atoms with E-state index in [-0.39, 0.29) is 12.3 Å². The normalized spacial score (nSPS) is 10.8. The summed E-state index contributed by atoms with van der Waals surface area (Å²) >= 11 is 0. The molecule has 2 aromatic rings. The zero-order chi connectivity index (χ0) is 11.7. The van der Waals surface area contributed by atoms with Gasteiger partial charge in [0.25, 0.3) is 0 Å². The largest absolute Gasteiger partial charge is 0.390 e. The Balaban J connectivity index is 2.51. The molecular formula is C10H7F3N2O. The Hall–Kier alpha value is -1.82. The third kappa shape index (κ3) is 1.79. The first-order valence-electron chi connectivity index (χ1n) is 4.42. The SMILES string of the molecule is OCc1ccn(-c2cc(F)c(F)cc2F)n1. The van der Waals surface area contributed by atoms with Crippen LogP contribution in [0.3, 0.4) is 0 Å². The van der Waals surface area contributed by atoms with Gasteiger partial charge in [0, 0.05) is 18.3 Å². The number of hydrogen-bond donors (Lipinski definition) is 1. The molecule has 0 amide bonds. The van der Waals surface area contributed by atoms with E-state index in [0.29, 0.717) is 17.8 Å². The van der Waals surface area contributed by atoms with Crippen molar-refractivity contribution < 1.29 is 18.3 Å². The van der Waals surface area contributed by atoms with Crippen LogP contribution in [0.1, 0.15) is 5.69 Å². The van der Waals surface area contributed by atoms with Gasteiger partial charge in [-0.25, -0.2) is 17.9 Å². The highest BCUT2D eigenvalue weighted by Crippen LogP contribution is 2.17. The van der Waals surface area contributed by atoms with E-state index < -0.39 is 17.5 Å². The molecular weight excluding hydrogens is 221 g/mol. The van der Waals surface area contributed by atoms with E-state index in [1.165, 1.54) is 12.3 Å². The second-order valence-electron chi connectivity index (χ2n) is 3.13. The molecule has 16 heavy (non-hydrogen) atoms. The lowest BCUT2D eigenvalue weighted by Crippen LogP contribution is -2.01. The molecule has 1 aromatic heterocycles. The lowest BCUT2D eigenvalue weighted by molar-refractivity contribution is 0.276. The highest BCUT2D eigenvalue weighted by Gasteiger charge is 2.12. The Morgan fingerprint density at radius 1 is 1.12 bits per heavy atom. The van der Waals surface area contributed by atoms with Crippen LogP contribution in [0, 0.1) is 17.5 Å². The molecule has 84 valence electrons. The highest BCUT2D eigenvalue weighted by molar-refractivity contribution is 5.34. The number of aliphatic hydroxyl groups excluding tert-OH is 1. The zero-order valence-corrected chi connectivity index (χ0v) is 7.99. The number of aliphatic hydroxyl groups is 1. The van der Waals surface area contributed by atoms with Gasteiger partial charge in [-0.15, -0.1) is 0 Å². The Labute approximate surface area is 88.8 Å². The fraction of sp³-hybridized carbons (Fsp3) is 0.100. The third-order valence-electron chi connectivity index (χ3n) is 2.04. The summed E-state index contributed by atoms with van der Waals surface area (Å²) in [6, 6.07) is 2.60. The van der Waals surface area contributed by atoms with Gasteiger partial charge in [0.2, 0.25) is 0 Å². The number of hydrogen-bond acceptors (Lipinski definition) is 2. The van der Waals surface area contributed by atoms with Crippen LogP contribution in [0.4, 0.5) is 13.2 Å². The summed E-state index contributed by atoms with van der Waals surface area (Å²) in [5, 5.41) is 12.5. The first-order chi connectivity index (χ1) is 7.61. The van der Waals surface area contributed by atoms with Crippen molar-refractivity contribution in [3.8, 4) is 5.69 Å². The molecule has 6 heteroatoms. The van der Waals surface area contributed by atoms with Gasteiger partial charge in [-0.3, -0.25) is 0 Å². The van der Waals surface area contributed by atoms with Crippen LogP contribution in [-0.4, -0.2) is 14.9 Å². The van der Waals surface area contributed by atoms with Crippen molar-refractivity contribution in [2.75, 3.05) is 0 Å². The molecule has 0 aliphatic rings. The Morgan fingerprint density at radius 2 is 1.81 bits per heavy atom. The molecule has 1 N–H and O–H groups in total. The summed E-state index contributed by atoms with van der Waals surface area (Å²) in [5.41, 5.74) is 0.0998. The lowest BCUT2D eigenvalue weighted by atomic mass is 10.3. The second-order valence-corrected chi connectivity index (χ2v) is 3.13. The predicted molar refractivity (Wildman–Crippen MR) is 49.4 cm³/mol. The molecule has 3 nitrogen and oxygen atoms in total. The van der Waals surface area contributed by atoms with Crippen molar-refractivity contribution in [2.24, 2.45) is 0 Å². The van der Waals surface area contributed by atoms with Crippen LogP contribution < -0.4 is 0 Å². The van der Waals surface area contributed by atoms with Crippen molar-refractivity contribution in [2.45, 2.75) is 6.61 Å². The molecule has 0 saturated carbocycles. The van der Waals surface area contributed by atoms with Crippen molar-refractivity contribution >= 4 is 0 Å². The summed E-state index contributed by atoms with van der Waals surface area (Å²) in [5.74, 6) is -3.33. The van der Waals surface area contributed by atoms with E-state index in [0.717, 1.165) is 4.68 Å². The minimum Gasteiger partial charge on any atom is -0.390 e.